The largest absolute Gasteiger partial charge is 0.381 e. The summed E-state index contributed by atoms with van der Waals surface area (Å²) in [6.45, 7) is 7.69. The van der Waals surface area contributed by atoms with Gasteiger partial charge in [-0.1, -0.05) is 0 Å². The first-order valence-corrected chi connectivity index (χ1v) is 11.6. The molecule has 0 bridgehead atoms. The molecule has 0 aromatic heterocycles. The average molecular weight is 394 g/mol. The Morgan fingerprint density at radius 1 is 0.857 bits per heavy atom. The normalized spacial score (nSPS) is 28.2. The van der Waals surface area contributed by atoms with Crippen LogP contribution in [0, 0.1) is 5.92 Å². The molecule has 1 amide bonds. The molecule has 1 unspecified atom stereocenters. The predicted octanol–water partition coefficient (Wildman–Crippen LogP) is 1.98. The van der Waals surface area contributed by atoms with Crippen LogP contribution in [0.2, 0.25) is 0 Å². The maximum absolute atomic E-state index is 12.6. The van der Waals surface area contributed by atoms with Gasteiger partial charge in [0.25, 0.3) is 0 Å². The van der Waals surface area contributed by atoms with Crippen LogP contribution in [0.15, 0.2) is 0 Å². The smallest absolute Gasteiger partial charge is 0.225 e. The van der Waals surface area contributed by atoms with Crippen LogP contribution in [0.3, 0.4) is 0 Å². The van der Waals surface area contributed by atoms with E-state index in [0.717, 1.165) is 97.6 Å². The molecule has 6 nitrogen and oxygen atoms in total. The van der Waals surface area contributed by atoms with Crippen LogP contribution < -0.4 is 0 Å². The summed E-state index contributed by atoms with van der Waals surface area (Å²) in [5.41, 5.74) is 0. The number of likely N-dealkylation sites (tertiary alicyclic amines) is 1. The lowest BCUT2D eigenvalue weighted by atomic mass is 9.98. The number of nitrogens with zero attached hydrogens (tertiary/aromatic N) is 3. The van der Waals surface area contributed by atoms with E-state index in [2.05, 4.69) is 21.7 Å². The van der Waals surface area contributed by atoms with Gasteiger partial charge < -0.3 is 19.3 Å². The van der Waals surface area contributed by atoms with Gasteiger partial charge in [-0.2, -0.15) is 0 Å². The van der Waals surface area contributed by atoms with Gasteiger partial charge in [0, 0.05) is 76.6 Å². The molecule has 0 N–H and O–H groups in total. The van der Waals surface area contributed by atoms with E-state index in [4.69, 9.17) is 9.47 Å². The van der Waals surface area contributed by atoms with Crippen molar-refractivity contribution in [3.05, 3.63) is 0 Å². The third-order valence-corrected chi connectivity index (χ3v) is 7.29. The molecule has 3 aliphatic heterocycles. The van der Waals surface area contributed by atoms with Gasteiger partial charge in [0.1, 0.15) is 0 Å². The molecule has 0 spiro atoms. The first-order valence-electron chi connectivity index (χ1n) is 11.6. The monoisotopic (exact) mass is 393 g/mol. The molecule has 4 fully saturated rings. The van der Waals surface area contributed by atoms with Gasteiger partial charge in [0.2, 0.25) is 5.91 Å². The predicted molar refractivity (Wildman–Crippen MR) is 109 cm³/mol. The van der Waals surface area contributed by atoms with Crippen molar-refractivity contribution < 1.29 is 14.3 Å². The van der Waals surface area contributed by atoms with Crippen LogP contribution >= 0.6 is 0 Å². The quantitative estimate of drug-likeness (QED) is 0.662. The van der Waals surface area contributed by atoms with Crippen LogP contribution in [-0.2, 0) is 14.3 Å². The molecular formula is C22H39N3O3. The lowest BCUT2D eigenvalue weighted by molar-refractivity contribution is -0.135. The second-order valence-electron chi connectivity index (χ2n) is 9.26. The standard InChI is InChI=1S/C22H39N3O3/c1-23(19-6-13-27-14-7-19)11-12-25(20-8-15-28-16-9-20)21-3-2-10-24(17-21)22(26)18-4-5-18/h18-21H,2-17H2,1H3. The van der Waals surface area contributed by atoms with Crippen molar-refractivity contribution in [1.29, 1.82) is 0 Å². The van der Waals surface area contributed by atoms with Crippen molar-refractivity contribution in [1.82, 2.24) is 14.7 Å². The Bertz CT molecular complexity index is 501. The van der Waals surface area contributed by atoms with E-state index < -0.39 is 0 Å². The van der Waals surface area contributed by atoms with E-state index >= 15 is 0 Å². The van der Waals surface area contributed by atoms with Crippen molar-refractivity contribution >= 4 is 5.91 Å². The zero-order chi connectivity index (χ0) is 19.3. The molecule has 0 radical (unpaired) electrons. The molecule has 1 atom stereocenters. The number of amides is 1. The number of piperidine rings is 1. The zero-order valence-electron chi connectivity index (χ0n) is 17.7. The number of likely N-dealkylation sites (N-methyl/N-ethyl adjacent to an activating group) is 1. The van der Waals surface area contributed by atoms with Gasteiger partial charge in [-0.25, -0.2) is 0 Å². The fourth-order valence-corrected chi connectivity index (χ4v) is 5.28. The Balaban J connectivity index is 1.37. The van der Waals surface area contributed by atoms with Gasteiger partial charge >= 0.3 is 0 Å². The Hall–Kier alpha value is -0.690. The van der Waals surface area contributed by atoms with Gasteiger partial charge in [0.05, 0.1) is 0 Å². The lowest BCUT2D eigenvalue weighted by Gasteiger charge is -2.45. The Morgan fingerprint density at radius 3 is 2.14 bits per heavy atom. The molecule has 6 heteroatoms. The summed E-state index contributed by atoms with van der Waals surface area (Å²) < 4.78 is 11.2. The molecule has 1 saturated carbocycles. The van der Waals surface area contributed by atoms with Crippen molar-refractivity contribution in [2.45, 2.75) is 69.5 Å². The minimum atomic E-state index is 0.343. The van der Waals surface area contributed by atoms with Crippen LogP contribution in [0.5, 0.6) is 0 Å². The van der Waals surface area contributed by atoms with Gasteiger partial charge in [-0.05, 0) is 58.4 Å². The summed E-state index contributed by atoms with van der Waals surface area (Å²) in [5, 5.41) is 0. The van der Waals surface area contributed by atoms with E-state index in [0.29, 0.717) is 30.0 Å². The molecule has 4 aliphatic rings. The molecule has 1 aliphatic carbocycles. The zero-order valence-corrected chi connectivity index (χ0v) is 17.7. The Morgan fingerprint density at radius 2 is 1.50 bits per heavy atom. The number of ether oxygens (including phenoxy) is 2. The van der Waals surface area contributed by atoms with Crippen molar-refractivity contribution in [2.75, 3.05) is 59.7 Å². The number of hydrogen-bond acceptors (Lipinski definition) is 5. The summed E-state index contributed by atoms with van der Waals surface area (Å²) >= 11 is 0. The molecule has 4 rings (SSSR count). The van der Waals surface area contributed by atoms with E-state index in [1.165, 1.54) is 6.42 Å². The molecular weight excluding hydrogens is 354 g/mol. The fraction of sp³-hybridized carbons (Fsp3) is 0.955. The van der Waals surface area contributed by atoms with Gasteiger partial charge in [-0.15, -0.1) is 0 Å². The molecule has 160 valence electrons. The van der Waals surface area contributed by atoms with Crippen molar-refractivity contribution in [3.8, 4) is 0 Å². The summed E-state index contributed by atoms with van der Waals surface area (Å²) in [7, 11) is 2.28. The lowest BCUT2D eigenvalue weighted by Crippen LogP contribution is -2.56. The van der Waals surface area contributed by atoms with E-state index in [9.17, 15) is 4.79 Å². The van der Waals surface area contributed by atoms with Crippen LogP contribution in [0.25, 0.3) is 0 Å². The molecule has 3 heterocycles. The fourth-order valence-electron chi connectivity index (χ4n) is 5.28. The third kappa shape index (κ3) is 5.26. The second kappa shape index (κ2) is 9.88. The van der Waals surface area contributed by atoms with Gasteiger partial charge in [0.15, 0.2) is 0 Å². The Labute approximate surface area is 170 Å². The minimum Gasteiger partial charge on any atom is -0.381 e. The highest BCUT2D eigenvalue weighted by Gasteiger charge is 2.38. The number of carbonyl (C=O) groups is 1. The van der Waals surface area contributed by atoms with Crippen LogP contribution in [-0.4, -0.2) is 98.4 Å². The molecule has 0 aromatic carbocycles. The van der Waals surface area contributed by atoms with E-state index in [1.807, 2.05) is 0 Å². The summed E-state index contributed by atoms with van der Waals surface area (Å²) in [6.07, 6.45) is 9.18. The van der Waals surface area contributed by atoms with E-state index in [1.54, 1.807) is 0 Å². The van der Waals surface area contributed by atoms with Crippen LogP contribution in [0.1, 0.15) is 51.4 Å². The maximum atomic E-state index is 12.6. The van der Waals surface area contributed by atoms with Crippen molar-refractivity contribution in [2.24, 2.45) is 5.92 Å². The van der Waals surface area contributed by atoms with Crippen molar-refractivity contribution in [3.63, 3.8) is 0 Å². The molecule has 28 heavy (non-hydrogen) atoms. The second-order valence-corrected chi connectivity index (χ2v) is 9.26. The molecule has 0 aromatic rings. The number of carbonyl (C=O) groups excluding carboxylic acids is 1. The van der Waals surface area contributed by atoms with E-state index in [-0.39, 0.29) is 0 Å². The first kappa shape index (κ1) is 20.6. The highest BCUT2D eigenvalue weighted by molar-refractivity contribution is 5.81. The SMILES string of the molecule is CN(CCN(C1CCOCC1)C1CCCN(C(=O)C2CC2)C1)C1CCOCC1. The Kier molecular flexibility index (Phi) is 7.26. The summed E-state index contributed by atoms with van der Waals surface area (Å²) in [4.78, 5) is 20.1. The average Bonchev–Trinajstić information content (AvgIpc) is 3.60. The molecule has 3 saturated heterocycles. The minimum absolute atomic E-state index is 0.343. The van der Waals surface area contributed by atoms with Gasteiger partial charge in [-0.3, -0.25) is 9.69 Å². The summed E-state index contributed by atoms with van der Waals surface area (Å²) in [6, 6.07) is 1.78. The number of hydrogen-bond donors (Lipinski definition) is 0. The topological polar surface area (TPSA) is 45.2 Å². The maximum Gasteiger partial charge on any atom is 0.225 e. The summed E-state index contributed by atoms with van der Waals surface area (Å²) in [5.74, 6) is 0.769. The van der Waals surface area contributed by atoms with Crippen LogP contribution in [0.4, 0.5) is 0 Å². The highest BCUT2D eigenvalue weighted by Crippen LogP contribution is 2.33. The third-order valence-electron chi connectivity index (χ3n) is 7.29. The number of rotatable bonds is 7. The first-order chi connectivity index (χ1) is 13.7. The highest BCUT2D eigenvalue weighted by atomic mass is 16.5.